The van der Waals surface area contributed by atoms with Crippen molar-refractivity contribution in [3.05, 3.63) is 35.9 Å². The van der Waals surface area contributed by atoms with E-state index in [9.17, 15) is 9.59 Å². The Labute approximate surface area is 88.3 Å². The number of rotatable bonds is 3. The zero-order valence-corrected chi connectivity index (χ0v) is 8.80. The van der Waals surface area contributed by atoms with Crippen LogP contribution in [0.2, 0.25) is 0 Å². The Morgan fingerprint density at radius 1 is 1.20 bits per heavy atom. The average molecular weight is 208 g/mol. The number of hydrogen-bond acceptors (Lipinski definition) is 2. The van der Waals surface area contributed by atoms with Gasteiger partial charge in [0.25, 0.3) is 0 Å². The second-order valence-electron chi connectivity index (χ2n) is 3.91. The fourth-order valence-corrected chi connectivity index (χ4v) is 1.34. The van der Waals surface area contributed by atoms with Gasteiger partial charge in [-0.3, -0.25) is 4.48 Å². The summed E-state index contributed by atoms with van der Waals surface area (Å²) in [6.45, 7) is -0.215. The molecule has 0 fully saturated rings. The van der Waals surface area contributed by atoms with E-state index in [1.165, 1.54) is 0 Å². The molecule has 80 valence electrons. The second kappa shape index (κ2) is 4.23. The second-order valence-corrected chi connectivity index (χ2v) is 3.91. The van der Waals surface area contributed by atoms with E-state index in [4.69, 9.17) is 5.11 Å². The lowest BCUT2D eigenvalue weighted by Gasteiger charge is -2.24. The zero-order valence-electron chi connectivity index (χ0n) is 8.80. The number of carboxylic acid groups (broad SMARTS) is 1. The van der Waals surface area contributed by atoms with E-state index in [1.54, 1.807) is 38.4 Å². The minimum atomic E-state index is -0.982. The van der Waals surface area contributed by atoms with Crippen LogP contribution in [0, 0.1) is 0 Å². The lowest BCUT2D eigenvalue weighted by molar-refractivity contribution is -0.799. The molecule has 15 heavy (non-hydrogen) atoms. The molecule has 1 aromatic carbocycles. The van der Waals surface area contributed by atoms with Crippen LogP contribution in [0.15, 0.2) is 30.3 Å². The van der Waals surface area contributed by atoms with Crippen LogP contribution in [0.3, 0.4) is 0 Å². The van der Waals surface area contributed by atoms with E-state index < -0.39 is 5.97 Å². The molecule has 0 spiro atoms. The fourth-order valence-electron chi connectivity index (χ4n) is 1.34. The SMILES string of the molecule is C[N+](C)(CC(=O)O)C(=O)c1ccccc1. The number of benzene rings is 1. The van der Waals surface area contributed by atoms with Crippen LogP contribution >= 0.6 is 0 Å². The predicted octanol–water partition coefficient (Wildman–Crippen LogP) is 0.988. The molecule has 0 heterocycles. The van der Waals surface area contributed by atoms with Crippen molar-refractivity contribution in [2.24, 2.45) is 0 Å². The van der Waals surface area contributed by atoms with Crippen molar-refractivity contribution in [3.8, 4) is 0 Å². The first-order chi connectivity index (χ1) is 6.93. The third-order valence-corrected chi connectivity index (χ3v) is 2.10. The van der Waals surface area contributed by atoms with Gasteiger partial charge in [0, 0.05) is 0 Å². The molecule has 0 aliphatic heterocycles. The largest absolute Gasteiger partial charge is 0.477 e. The van der Waals surface area contributed by atoms with Gasteiger partial charge in [-0.25, -0.2) is 9.59 Å². The number of aliphatic carboxylic acids is 1. The summed E-state index contributed by atoms with van der Waals surface area (Å²) >= 11 is 0. The van der Waals surface area contributed by atoms with Crippen molar-refractivity contribution in [2.45, 2.75) is 0 Å². The van der Waals surface area contributed by atoms with Gasteiger partial charge in [0.1, 0.15) is 0 Å². The molecule has 4 heteroatoms. The summed E-state index contributed by atoms with van der Waals surface area (Å²) in [6.07, 6.45) is 0. The number of carboxylic acids is 1. The summed E-state index contributed by atoms with van der Waals surface area (Å²) in [4.78, 5) is 22.5. The first-order valence-corrected chi connectivity index (χ1v) is 4.58. The van der Waals surface area contributed by atoms with Crippen LogP contribution in [0.1, 0.15) is 10.4 Å². The lowest BCUT2D eigenvalue weighted by Crippen LogP contribution is -2.48. The van der Waals surface area contributed by atoms with E-state index >= 15 is 0 Å². The predicted molar refractivity (Wildman–Crippen MR) is 55.4 cm³/mol. The van der Waals surface area contributed by atoms with Gasteiger partial charge < -0.3 is 5.11 Å². The van der Waals surface area contributed by atoms with Gasteiger partial charge in [-0.05, 0) is 12.1 Å². The van der Waals surface area contributed by atoms with Crippen molar-refractivity contribution in [1.82, 2.24) is 0 Å². The summed E-state index contributed by atoms with van der Waals surface area (Å²) in [6, 6.07) is 8.70. The number of likely N-dealkylation sites (N-methyl/N-ethyl adjacent to an activating group) is 1. The van der Waals surface area contributed by atoms with Crippen LogP contribution < -0.4 is 0 Å². The topological polar surface area (TPSA) is 54.4 Å². The highest BCUT2D eigenvalue weighted by atomic mass is 16.4. The molecule has 1 amide bonds. The molecule has 0 aliphatic rings. The number of nitrogens with zero attached hydrogens (tertiary/aromatic N) is 1. The number of quaternary nitrogens is 1. The molecule has 0 aromatic heterocycles. The van der Waals surface area contributed by atoms with Crippen LogP contribution in [-0.4, -0.2) is 42.1 Å². The number of hydrogen-bond donors (Lipinski definition) is 1. The summed E-state index contributed by atoms with van der Waals surface area (Å²) < 4.78 is -0.181. The van der Waals surface area contributed by atoms with Gasteiger partial charge in [-0.2, -0.15) is 0 Å². The standard InChI is InChI=1S/C11H13NO3/c1-12(2,8-10(13)14)11(15)9-6-4-3-5-7-9/h3-7H,8H2,1-2H3/p+1. The summed E-state index contributed by atoms with van der Waals surface area (Å²) in [5.41, 5.74) is 0.531. The Kier molecular flexibility index (Phi) is 3.21. The van der Waals surface area contributed by atoms with Crippen molar-refractivity contribution in [2.75, 3.05) is 20.6 Å². The monoisotopic (exact) mass is 208 g/mol. The average Bonchev–Trinajstić information content (AvgIpc) is 2.16. The fraction of sp³-hybridized carbons (Fsp3) is 0.273. The molecule has 0 radical (unpaired) electrons. The van der Waals surface area contributed by atoms with Crippen LogP contribution in [-0.2, 0) is 4.79 Å². The van der Waals surface area contributed by atoms with Crippen LogP contribution in [0.5, 0.6) is 0 Å². The van der Waals surface area contributed by atoms with Crippen molar-refractivity contribution in [3.63, 3.8) is 0 Å². The molecule has 0 saturated heterocycles. The normalized spacial score (nSPS) is 11.1. The quantitative estimate of drug-likeness (QED) is 0.753. The number of carbonyl (C=O) groups excluding carboxylic acids is 1. The van der Waals surface area contributed by atoms with Gasteiger partial charge in [0.2, 0.25) is 0 Å². The third kappa shape index (κ3) is 2.89. The summed E-state index contributed by atoms with van der Waals surface area (Å²) in [5, 5.41) is 8.68. The maximum absolute atomic E-state index is 11.9. The Bertz CT molecular complexity index is 371. The molecule has 1 N–H and O–H groups in total. The molecule has 0 unspecified atom stereocenters. The Balaban J connectivity index is 2.89. The molecule has 0 atom stereocenters. The highest BCUT2D eigenvalue weighted by Crippen LogP contribution is 2.08. The highest BCUT2D eigenvalue weighted by molar-refractivity contribution is 5.89. The van der Waals surface area contributed by atoms with E-state index in [2.05, 4.69) is 0 Å². The molecule has 1 rings (SSSR count). The number of amides is 1. The van der Waals surface area contributed by atoms with E-state index in [1.807, 2.05) is 6.07 Å². The first-order valence-electron chi connectivity index (χ1n) is 4.58. The van der Waals surface area contributed by atoms with Gasteiger partial charge in [-0.15, -0.1) is 0 Å². The minimum absolute atomic E-state index is 0.181. The Hall–Kier alpha value is -1.68. The van der Waals surface area contributed by atoms with Crippen molar-refractivity contribution >= 4 is 11.9 Å². The molecular formula is C11H14NO3+. The molecule has 4 nitrogen and oxygen atoms in total. The molecule has 0 aliphatic carbocycles. The van der Waals surface area contributed by atoms with Gasteiger partial charge >= 0.3 is 11.9 Å². The molecule has 0 saturated carbocycles. The Morgan fingerprint density at radius 2 is 1.73 bits per heavy atom. The van der Waals surface area contributed by atoms with E-state index in [-0.39, 0.29) is 16.9 Å². The maximum atomic E-state index is 11.9. The molecule has 1 aromatic rings. The summed E-state index contributed by atoms with van der Waals surface area (Å²) in [5.74, 6) is -1.18. The van der Waals surface area contributed by atoms with Crippen molar-refractivity contribution in [1.29, 1.82) is 0 Å². The van der Waals surface area contributed by atoms with Crippen LogP contribution in [0.25, 0.3) is 0 Å². The summed E-state index contributed by atoms with van der Waals surface area (Å²) in [7, 11) is 3.17. The lowest BCUT2D eigenvalue weighted by atomic mass is 10.2. The zero-order chi connectivity index (χ0) is 11.5. The third-order valence-electron chi connectivity index (χ3n) is 2.10. The van der Waals surface area contributed by atoms with Gasteiger partial charge in [0.15, 0.2) is 6.54 Å². The van der Waals surface area contributed by atoms with Gasteiger partial charge in [0.05, 0.1) is 19.7 Å². The van der Waals surface area contributed by atoms with Crippen LogP contribution in [0.4, 0.5) is 0 Å². The van der Waals surface area contributed by atoms with E-state index in [0.717, 1.165) is 0 Å². The van der Waals surface area contributed by atoms with Crippen molar-refractivity contribution < 1.29 is 19.2 Å². The highest BCUT2D eigenvalue weighted by Gasteiger charge is 2.30. The van der Waals surface area contributed by atoms with Gasteiger partial charge in [-0.1, -0.05) is 18.2 Å². The minimum Gasteiger partial charge on any atom is -0.477 e. The first kappa shape index (κ1) is 11.4. The molecular weight excluding hydrogens is 194 g/mol. The Morgan fingerprint density at radius 3 is 2.20 bits per heavy atom. The molecule has 0 bridgehead atoms. The smallest absolute Gasteiger partial charge is 0.359 e. The number of carbonyl (C=O) groups is 2. The van der Waals surface area contributed by atoms with E-state index in [0.29, 0.717) is 5.56 Å². The maximum Gasteiger partial charge on any atom is 0.359 e.